The van der Waals surface area contributed by atoms with Crippen molar-refractivity contribution in [2.45, 2.75) is 50.8 Å². The third-order valence-corrected chi connectivity index (χ3v) is 5.60. The molecular formula is C17H20N4O4S. The highest BCUT2D eigenvalue weighted by atomic mass is 32.1. The molecule has 1 aromatic heterocycles. The van der Waals surface area contributed by atoms with Gasteiger partial charge in [-0.3, -0.25) is 14.6 Å². The van der Waals surface area contributed by atoms with E-state index in [2.05, 4.69) is 16.4 Å². The van der Waals surface area contributed by atoms with E-state index in [1.165, 1.54) is 11.3 Å². The number of nitriles is 1. The lowest BCUT2D eigenvalue weighted by atomic mass is 9.92. The Morgan fingerprint density at radius 1 is 1.58 bits per heavy atom. The fourth-order valence-corrected chi connectivity index (χ4v) is 4.14. The minimum atomic E-state index is -0.746. The number of alkyl carbamates (subject to hydrolysis) is 1. The lowest BCUT2D eigenvalue weighted by molar-refractivity contribution is -0.138. The van der Waals surface area contributed by atoms with E-state index >= 15 is 0 Å². The second-order valence-electron chi connectivity index (χ2n) is 6.59. The fourth-order valence-electron chi connectivity index (χ4n) is 3.46. The van der Waals surface area contributed by atoms with Gasteiger partial charge in [0.15, 0.2) is 5.78 Å². The zero-order chi connectivity index (χ0) is 18.7. The zero-order valence-electron chi connectivity index (χ0n) is 14.4. The molecule has 1 N–H and O–H groups in total. The third-order valence-electron chi connectivity index (χ3n) is 4.80. The van der Waals surface area contributed by atoms with Crippen molar-refractivity contribution in [2.75, 3.05) is 6.54 Å². The molecule has 0 aliphatic carbocycles. The first-order valence-corrected chi connectivity index (χ1v) is 9.45. The van der Waals surface area contributed by atoms with E-state index in [4.69, 9.17) is 4.74 Å². The molecule has 0 aromatic carbocycles. The van der Waals surface area contributed by atoms with Gasteiger partial charge in [-0.05, 0) is 26.2 Å². The summed E-state index contributed by atoms with van der Waals surface area (Å²) in [6, 6.07) is 0.982. The molecule has 2 fully saturated rings. The first kappa shape index (κ1) is 18.3. The second-order valence-corrected chi connectivity index (χ2v) is 7.56. The van der Waals surface area contributed by atoms with Gasteiger partial charge in [0.25, 0.3) is 0 Å². The topological polar surface area (TPSA) is 112 Å². The van der Waals surface area contributed by atoms with Crippen molar-refractivity contribution in [3.8, 4) is 6.07 Å². The molecule has 0 spiro atoms. The van der Waals surface area contributed by atoms with Crippen molar-refractivity contribution >= 4 is 29.1 Å². The van der Waals surface area contributed by atoms with Crippen molar-refractivity contribution in [2.24, 2.45) is 5.92 Å². The van der Waals surface area contributed by atoms with Crippen LogP contribution < -0.4 is 5.32 Å². The maximum absolute atomic E-state index is 13.0. The average Bonchev–Trinajstić information content (AvgIpc) is 3.34. The Morgan fingerprint density at radius 3 is 3.00 bits per heavy atom. The fraction of sp³-hybridized carbons (Fsp3) is 0.588. The van der Waals surface area contributed by atoms with Crippen LogP contribution in [0.5, 0.6) is 0 Å². The molecule has 138 valence electrons. The Bertz CT molecular complexity index is 730. The van der Waals surface area contributed by atoms with Crippen LogP contribution in [0.3, 0.4) is 0 Å². The summed E-state index contributed by atoms with van der Waals surface area (Å²) in [4.78, 5) is 43.5. The lowest BCUT2D eigenvalue weighted by Gasteiger charge is -2.26. The van der Waals surface area contributed by atoms with Gasteiger partial charge in [0.1, 0.15) is 18.2 Å². The van der Waals surface area contributed by atoms with Crippen LogP contribution in [0.4, 0.5) is 4.79 Å². The van der Waals surface area contributed by atoms with Crippen LogP contribution in [0.15, 0.2) is 11.7 Å². The summed E-state index contributed by atoms with van der Waals surface area (Å²) in [5, 5.41) is 11.8. The molecule has 0 bridgehead atoms. The average molecular weight is 376 g/mol. The van der Waals surface area contributed by atoms with E-state index in [1.807, 2.05) is 0 Å². The van der Waals surface area contributed by atoms with Crippen LogP contribution in [0.2, 0.25) is 0 Å². The highest BCUT2D eigenvalue weighted by Crippen LogP contribution is 2.25. The highest BCUT2D eigenvalue weighted by Gasteiger charge is 2.39. The summed E-state index contributed by atoms with van der Waals surface area (Å²) in [7, 11) is 0. The number of aromatic nitrogens is 1. The predicted molar refractivity (Wildman–Crippen MR) is 92.1 cm³/mol. The SMILES string of the molecule is CC1OC(=O)NC1C(=O)CC(Cc1cncs1)C(=O)N1CCCC1C#N. The number of cyclic esters (lactones) is 1. The number of nitrogens with one attached hydrogen (secondary N) is 1. The van der Waals surface area contributed by atoms with Crippen LogP contribution in [0.1, 0.15) is 31.1 Å². The monoisotopic (exact) mass is 376 g/mol. The van der Waals surface area contributed by atoms with Gasteiger partial charge in [0.2, 0.25) is 5.91 Å². The summed E-state index contributed by atoms with van der Waals surface area (Å²) in [6.07, 6.45) is 2.33. The number of ether oxygens (including phenoxy) is 1. The van der Waals surface area contributed by atoms with E-state index in [0.717, 1.165) is 11.3 Å². The van der Waals surface area contributed by atoms with Crippen molar-refractivity contribution in [1.82, 2.24) is 15.2 Å². The van der Waals surface area contributed by atoms with E-state index in [0.29, 0.717) is 19.4 Å². The van der Waals surface area contributed by atoms with Crippen LogP contribution >= 0.6 is 11.3 Å². The summed E-state index contributed by atoms with van der Waals surface area (Å²) in [5.74, 6) is -1.01. The second kappa shape index (κ2) is 7.83. The number of rotatable bonds is 6. The van der Waals surface area contributed by atoms with Gasteiger partial charge in [-0.1, -0.05) is 0 Å². The van der Waals surface area contributed by atoms with Gasteiger partial charge >= 0.3 is 6.09 Å². The van der Waals surface area contributed by atoms with E-state index < -0.39 is 30.2 Å². The number of carbonyl (C=O) groups excluding carboxylic acids is 3. The van der Waals surface area contributed by atoms with Gasteiger partial charge in [0.05, 0.1) is 11.6 Å². The van der Waals surface area contributed by atoms with Crippen molar-refractivity contribution < 1.29 is 19.1 Å². The molecule has 3 rings (SSSR count). The number of hydrogen-bond donors (Lipinski definition) is 1. The van der Waals surface area contributed by atoms with Crippen molar-refractivity contribution in [3.05, 3.63) is 16.6 Å². The Hall–Kier alpha value is -2.47. The molecule has 0 radical (unpaired) electrons. The number of hydrogen-bond acceptors (Lipinski definition) is 7. The van der Waals surface area contributed by atoms with Gasteiger partial charge in [0, 0.05) is 30.0 Å². The molecule has 0 saturated carbocycles. The molecule has 26 heavy (non-hydrogen) atoms. The van der Waals surface area contributed by atoms with Crippen LogP contribution in [0.25, 0.3) is 0 Å². The van der Waals surface area contributed by atoms with Gasteiger partial charge in [-0.15, -0.1) is 11.3 Å². The van der Waals surface area contributed by atoms with Crippen molar-refractivity contribution in [3.63, 3.8) is 0 Å². The Labute approximate surface area is 155 Å². The van der Waals surface area contributed by atoms with E-state index in [1.54, 1.807) is 23.5 Å². The van der Waals surface area contributed by atoms with Crippen LogP contribution in [0, 0.1) is 17.2 Å². The van der Waals surface area contributed by atoms with Gasteiger partial charge in [-0.2, -0.15) is 5.26 Å². The molecule has 2 saturated heterocycles. The molecule has 1 aromatic rings. The maximum Gasteiger partial charge on any atom is 0.408 e. The Kier molecular flexibility index (Phi) is 5.52. The van der Waals surface area contributed by atoms with Crippen LogP contribution in [-0.2, 0) is 20.7 Å². The normalized spacial score (nSPS) is 26.1. The lowest BCUT2D eigenvalue weighted by Crippen LogP contribution is -2.44. The molecule has 4 atom stereocenters. The quantitative estimate of drug-likeness (QED) is 0.800. The largest absolute Gasteiger partial charge is 0.444 e. The molecule has 2 amide bonds. The highest BCUT2D eigenvalue weighted by molar-refractivity contribution is 7.09. The summed E-state index contributed by atoms with van der Waals surface area (Å²) < 4.78 is 4.96. The summed E-state index contributed by atoms with van der Waals surface area (Å²) in [6.45, 7) is 2.18. The molecular weight excluding hydrogens is 356 g/mol. The molecule has 3 heterocycles. The third kappa shape index (κ3) is 3.85. The standard InChI is InChI=1S/C17H20N4O4S/c1-10-15(20-17(24)25-10)14(22)6-11(5-13-8-19-9-26-13)16(23)21-4-2-3-12(21)7-18/h8-12,15H,2-6H2,1H3,(H,20,24). The maximum atomic E-state index is 13.0. The smallest absolute Gasteiger partial charge is 0.408 e. The Morgan fingerprint density at radius 2 is 2.38 bits per heavy atom. The summed E-state index contributed by atoms with van der Waals surface area (Å²) in [5.41, 5.74) is 1.68. The molecule has 2 aliphatic rings. The molecule has 9 heteroatoms. The molecule has 8 nitrogen and oxygen atoms in total. The van der Waals surface area contributed by atoms with Gasteiger partial charge in [-0.25, -0.2) is 4.79 Å². The zero-order valence-corrected chi connectivity index (χ0v) is 15.2. The number of Topliss-reactive ketones (excluding diaryl/α,β-unsaturated/α-hetero) is 1. The first-order chi connectivity index (χ1) is 12.5. The minimum absolute atomic E-state index is 0.00989. The number of nitrogens with zero attached hydrogens (tertiary/aromatic N) is 3. The number of thiazole rings is 1. The van der Waals surface area contributed by atoms with Gasteiger partial charge < -0.3 is 15.0 Å². The van der Waals surface area contributed by atoms with E-state index in [-0.39, 0.29) is 18.1 Å². The Balaban J connectivity index is 1.75. The summed E-state index contributed by atoms with van der Waals surface area (Å²) >= 11 is 1.43. The molecule has 4 unspecified atom stereocenters. The van der Waals surface area contributed by atoms with Crippen molar-refractivity contribution in [1.29, 1.82) is 5.26 Å². The first-order valence-electron chi connectivity index (χ1n) is 8.57. The number of ketones is 1. The molecule has 2 aliphatic heterocycles. The predicted octanol–water partition coefficient (Wildman–Crippen LogP) is 1.27. The number of amides is 2. The number of likely N-dealkylation sites (tertiary alicyclic amines) is 1. The van der Waals surface area contributed by atoms with E-state index in [9.17, 15) is 19.6 Å². The van der Waals surface area contributed by atoms with Crippen LogP contribution in [-0.4, -0.2) is 52.4 Å². The number of carbonyl (C=O) groups is 3. The minimum Gasteiger partial charge on any atom is -0.444 e.